The smallest absolute Gasteiger partial charge is 0.326 e. The number of aromatic nitrogens is 3. The summed E-state index contributed by atoms with van der Waals surface area (Å²) >= 11 is 0. The Kier molecular flexibility index (Phi) is 8.55. The monoisotopic (exact) mass is 570 g/mol. The molecule has 3 aromatic rings. The van der Waals surface area contributed by atoms with E-state index in [9.17, 15) is 19.1 Å². The van der Waals surface area contributed by atoms with Crippen molar-refractivity contribution in [2.24, 2.45) is 0 Å². The van der Waals surface area contributed by atoms with Gasteiger partial charge in [0.05, 0.1) is 6.61 Å². The van der Waals surface area contributed by atoms with Gasteiger partial charge in [0.15, 0.2) is 12.1 Å². The summed E-state index contributed by atoms with van der Waals surface area (Å²) in [4.78, 5) is 38.8. The molecule has 5 rings (SSSR count). The van der Waals surface area contributed by atoms with Crippen LogP contribution in [0.15, 0.2) is 16.5 Å². The van der Waals surface area contributed by atoms with Gasteiger partial charge in [-0.1, -0.05) is 13.3 Å². The van der Waals surface area contributed by atoms with Crippen LogP contribution < -0.4 is 14.2 Å². The summed E-state index contributed by atoms with van der Waals surface area (Å²) in [6.07, 6.45) is 2.90. The number of carboxylic acids is 1. The second kappa shape index (κ2) is 12.3. The fourth-order valence-electron chi connectivity index (χ4n) is 5.41. The van der Waals surface area contributed by atoms with Crippen molar-refractivity contribution in [3.8, 4) is 29.1 Å². The van der Waals surface area contributed by atoms with Crippen molar-refractivity contribution in [2.75, 3.05) is 19.8 Å². The molecule has 1 N–H and O–H groups in total. The van der Waals surface area contributed by atoms with Gasteiger partial charge in [0.2, 0.25) is 5.89 Å². The van der Waals surface area contributed by atoms with Gasteiger partial charge in [0.25, 0.3) is 17.5 Å². The topological polar surface area (TPSA) is 137 Å². The lowest BCUT2D eigenvalue weighted by atomic mass is 9.96. The Labute approximate surface area is 237 Å². The number of likely N-dealkylation sites (tertiary alicyclic amines) is 1. The van der Waals surface area contributed by atoms with Gasteiger partial charge in [0.1, 0.15) is 24.1 Å². The van der Waals surface area contributed by atoms with Gasteiger partial charge in [-0.05, 0) is 75.6 Å². The molecule has 3 atom stereocenters. The molecule has 1 aliphatic carbocycles. The van der Waals surface area contributed by atoms with E-state index in [1.165, 1.54) is 4.90 Å². The molecule has 0 spiro atoms. The number of amides is 1. The maximum absolute atomic E-state index is 14.4. The fraction of sp³-hybridized carbons (Fsp3) is 0.552. The van der Waals surface area contributed by atoms with Crippen molar-refractivity contribution >= 4 is 23.1 Å². The number of nitrogens with zero attached hydrogens (tertiary/aromatic N) is 4. The van der Waals surface area contributed by atoms with Crippen LogP contribution in [-0.2, 0) is 9.59 Å². The number of alkyl halides is 1. The maximum atomic E-state index is 14.4. The number of hydrogen-bond acceptors (Lipinski definition) is 9. The van der Waals surface area contributed by atoms with Crippen LogP contribution in [0.5, 0.6) is 17.6 Å². The molecule has 1 aromatic carbocycles. The zero-order valence-corrected chi connectivity index (χ0v) is 23.5. The molecule has 1 aliphatic heterocycles. The highest BCUT2D eigenvalue weighted by molar-refractivity contribution is 5.85. The zero-order chi connectivity index (χ0) is 29.1. The highest BCUT2D eigenvalue weighted by atomic mass is 19.1. The first-order valence-electron chi connectivity index (χ1n) is 14.1. The molecule has 1 saturated heterocycles. The van der Waals surface area contributed by atoms with Crippen LogP contribution in [-0.4, -0.2) is 74.9 Å². The molecule has 41 heavy (non-hydrogen) atoms. The van der Waals surface area contributed by atoms with Crippen molar-refractivity contribution in [3.05, 3.63) is 23.3 Å². The van der Waals surface area contributed by atoms with Crippen molar-refractivity contribution < 1.29 is 37.7 Å². The zero-order valence-electron chi connectivity index (χ0n) is 23.5. The number of carboxylic acid groups (broad SMARTS) is 1. The largest absolute Gasteiger partial charge is 0.483 e. The summed E-state index contributed by atoms with van der Waals surface area (Å²) in [6.45, 7) is 6.20. The SMILES string of the molecule is CCCOc1nc(O[C@@H]2CCCC[C@H]2F)nc2oc(-c3cc(C)c(OCC(=O)N4CCC[C@H]4C(=O)O)c(C)c3)nc12. The molecular weight excluding hydrogens is 535 g/mol. The Balaban J connectivity index is 1.37. The third-order valence-corrected chi connectivity index (χ3v) is 7.43. The molecule has 0 bridgehead atoms. The van der Waals surface area contributed by atoms with Crippen LogP contribution in [0.2, 0.25) is 0 Å². The summed E-state index contributed by atoms with van der Waals surface area (Å²) in [5.74, 6) is -0.344. The Morgan fingerprint density at radius 3 is 2.54 bits per heavy atom. The number of benzene rings is 1. The van der Waals surface area contributed by atoms with E-state index in [2.05, 4.69) is 15.0 Å². The molecular formula is C29H35FN4O7. The lowest BCUT2D eigenvalue weighted by Crippen LogP contribution is -2.42. The van der Waals surface area contributed by atoms with E-state index in [0.717, 1.165) is 30.4 Å². The highest BCUT2D eigenvalue weighted by Crippen LogP contribution is 2.34. The predicted octanol–water partition coefficient (Wildman–Crippen LogP) is 4.80. The number of oxazole rings is 1. The first-order chi connectivity index (χ1) is 19.7. The minimum Gasteiger partial charge on any atom is -0.483 e. The molecule has 12 heteroatoms. The number of rotatable bonds is 10. The van der Waals surface area contributed by atoms with Crippen LogP contribution >= 0.6 is 0 Å². The van der Waals surface area contributed by atoms with Gasteiger partial charge in [-0.3, -0.25) is 4.79 Å². The van der Waals surface area contributed by atoms with Crippen molar-refractivity contribution in [1.29, 1.82) is 0 Å². The van der Waals surface area contributed by atoms with Crippen LogP contribution in [0.1, 0.15) is 63.0 Å². The van der Waals surface area contributed by atoms with E-state index in [1.807, 2.05) is 32.9 Å². The summed E-state index contributed by atoms with van der Waals surface area (Å²) in [5, 5.41) is 9.37. The van der Waals surface area contributed by atoms with E-state index >= 15 is 0 Å². The quantitative estimate of drug-likeness (QED) is 0.362. The second-order valence-electron chi connectivity index (χ2n) is 10.6. The summed E-state index contributed by atoms with van der Waals surface area (Å²) in [5.41, 5.74) is 2.65. The first-order valence-corrected chi connectivity index (χ1v) is 14.1. The molecule has 11 nitrogen and oxygen atoms in total. The number of ether oxygens (including phenoxy) is 3. The normalized spacial score (nSPS) is 20.8. The summed E-state index contributed by atoms with van der Waals surface area (Å²) in [7, 11) is 0. The lowest BCUT2D eigenvalue weighted by molar-refractivity contribution is -0.149. The van der Waals surface area contributed by atoms with Gasteiger partial charge in [0, 0.05) is 12.1 Å². The third kappa shape index (κ3) is 6.20. The molecule has 0 radical (unpaired) electrons. The number of halogens is 1. The molecule has 220 valence electrons. The van der Waals surface area contributed by atoms with Crippen LogP contribution in [0, 0.1) is 13.8 Å². The number of carbonyl (C=O) groups excluding carboxylic acids is 1. The molecule has 1 saturated carbocycles. The van der Waals surface area contributed by atoms with E-state index in [-0.39, 0.29) is 36.0 Å². The highest BCUT2D eigenvalue weighted by Gasteiger charge is 2.34. The van der Waals surface area contributed by atoms with E-state index in [1.54, 1.807) is 0 Å². The summed E-state index contributed by atoms with van der Waals surface area (Å²) in [6, 6.07) is 2.82. The van der Waals surface area contributed by atoms with Gasteiger partial charge in [-0.15, -0.1) is 0 Å². The van der Waals surface area contributed by atoms with Crippen molar-refractivity contribution in [3.63, 3.8) is 0 Å². The molecule has 1 amide bonds. The van der Waals surface area contributed by atoms with Crippen LogP contribution in [0.3, 0.4) is 0 Å². The Bertz CT molecular complexity index is 1400. The molecule has 2 aliphatic rings. The van der Waals surface area contributed by atoms with Crippen LogP contribution in [0.4, 0.5) is 4.39 Å². The van der Waals surface area contributed by atoms with Gasteiger partial charge in [-0.2, -0.15) is 9.97 Å². The third-order valence-electron chi connectivity index (χ3n) is 7.43. The van der Waals surface area contributed by atoms with Crippen LogP contribution in [0.25, 0.3) is 22.7 Å². The molecule has 2 aromatic heterocycles. The summed E-state index contributed by atoms with van der Waals surface area (Å²) < 4.78 is 37.9. The minimum atomic E-state index is -1.08. The number of hydrogen-bond donors (Lipinski definition) is 1. The first kappa shape index (κ1) is 28.6. The average molecular weight is 571 g/mol. The molecule has 0 unspecified atom stereocenters. The van der Waals surface area contributed by atoms with Crippen molar-refractivity contribution in [1.82, 2.24) is 19.9 Å². The maximum Gasteiger partial charge on any atom is 0.326 e. The minimum absolute atomic E-state index is 0.00947. The Morgan fingerprint density at radius 2 is 1.83 bits per heavy atom. The van der Waals surface area contributed by atoms with Crippen molar-refractivity contribution in [2.45, 2.75) is 84.0 Å². The Hall–Kier alpha value is -3.96. The van der Waals surface area contributed by atoms with E-state index in [4.69, 9.17) is 18.6 Å². The lowest BCUT2D eigenvalue weighted by Gasteiger charge is -2.25. The molecule has 2 fully saturated rings. The number of fused-ring (bicyclic) bond motifs is 1. The molecule has 3 heterocycles. The second-order valence-corrected chi connectivity index (χ2v) is 10.6. The van der Waals surface area contributed by atoms with E-state index in [0.29, 0.717) is 55.7 Å². The van der Waals surface area contributed by atoms with Gasteiger partial charge >= 0.3 is 12.0 Å². The number of aliphatic carboxylic acids is 1. The number of carbonyl (C=O) groups is 2. The fourth-order valence-corrected chi connectivity index (χ4v) is 5.41. The van der Waals surface area contributed by atoms with Gasteiger partial charge in [-0.25, -0.2) is 14.2 Å². The average Bonchev–Trinajstić information content (AvgIpc) is 3.60. The Morgan fingerprint density at radius 1 is 1.07 bits per heavy atom. The van der Waals surface area contributed by atoms with E-state index < -0.39 is 24.3 Å². The standard InChI is InChI=1S/C29H35FN4O7/c1-4-12-38-26-23-27(33-29(32-26)40-21-10-6-5-8-19(21)30)41-25(31-23)18-13-16(2)24(17(3)14-18)39-15-22(35)34-11-7-9-20(34)28(36)37/h13-14,19-21H,4-12,15H2,1-3H3,(H,36,37)/t19-,20+,21-/m1/s1. The number of aryl methyl sites for hydroxylation is 2. The predicted molar refractivity (Wildman–Crippen MR) is 146 cm³/mol. The van der Waals surface area contributed by atoms with Gasteiger partial charge < -0.3 is 28.6 Å².